The minimum Gasteiger partial charge on any atom is -0.460 e. The maximum Gasteiger partial charge on any atom is 0.338 e. The van der Waals surface area contributed by atoms with Crippen molar-refractivity contribution in [2.24, 2.45) is 7.05 Å². The van der Waals surface area contributed by atoms with Gasteiger partial charge in [-0.25, -0.2) is 9.48 Å². The van der Waals surface area contributed by atoms with Gasteiger partial charge in [-0.2, -0.15) is 0 Å². The topological polar surface area (TPSA) is 60.3 Å². The molecular formula is C19H20N4O2. The summed E-state index contributed by atoms with van der Waals surface area (Å²) < 4.78 is 7.14. The Hall–Kier alpha value is -2.89. The van der Waals surface area contributed by atoms with E-state index in [9.17, 15) is 4.79 Å². The van der Waals surface area contributed by atoms with Gasteiger partial charge in [-0.1, -0.05) is 23.4 Å². The van der Waals surface area contributed by atoms with E-state index in [2.05, 4.69) is 39.5 Å². The molecule has 2 aromatic carbocycles. The molecule has 3 aromatic rings. The van der Waals surface area contributed by atoms with Crippen LogP contribution in [0.25, 0.3) is 11.0 Å². The van der Waals surface area contributed by atoms with Crippen molar-refractivity contribution in [3.63, 3.8) is 0 Å². The summed E-state index contributed by atoms with van der Waals surface area (Å²) in [6.45, 7) is 2.07. The Bertz CT molecular complexity index is 919. The fourth-order valence-electron chi connectivity index (χ4n) is 3.34. The number of esters is 1. The molecule has 0 radical (unpaired) electrons. The van der Waals surface area contributed by atoms with Gasteiger partial charge in [-0.05, 0) is 42.7 Å². The van der Waals surface area contributed by atoms with Crippen molar-refractivity contribution in [2.45, 2.75) is 12.8 Å². The molecule has 0 bridgehead atoms. The molecule has 0 N–H and O–H groups in total. The molecule has 0 saturated carbocycles. The molecule has 6 heteroatoms. The van der Waals surface area contributed by atoms with E-state index < -0.39 is 0 Å². The van der Waals surface area contributed by atoms with Crippen molar-refractivity contribution in [1.82, 2.24) is 15.0 Å². The van der Waals surface area contributed by atoms with Gasteiger partial charge in [0.15, 0.2) is 0 Å². The molecule has 0 amide bonds. The number of carbonyl (C=O) groups excluding carboxylic acids is 1. The molecule has 25 heavy (non-hydrogen) atoms. The second kappa shape index (κ2) is 6.55. The summed E-state index contributed by atoms with van der Waals surface area (Å²) in [7, 11) is 1.82. The molecule has 4 rings (SSSR count). The van der Waals surface area contributed by atoms with Gasteiger partial charge in [-0.3, -0.25) is 0 Å². The largest absolute Gasteiger partial charge is 0.460 e. The molecule has 0 aliphatic carbocycles. The van der Waals surface area contributed by atoms with Gasteiger partial charge >= 0.3 is 5.97 Å². The molecule has 1 aromatic heterocycles. The highest BCUT2D eigenvalue weighted by molar-refractivity contribution is 5.93. The van der Waals surface area contributed by atoms with E-state index in [-0.39, 0.29) is 5.97 Å². The summed E-state index contributed by atoms with van der Waals surface area (Å²) >= 11 is 0. The number of carbonyl (C=O) groups is 1. The van der Waals surface area contributed by atoms with Crippen molar-refractivity contribution in [3.05, 3.63) is 53.6 Å². The van der Waals surface area contributed by atoms with Gasteiger partial charge in [-0.15, -0.1) is 5.10 Å². The van der Waals surface area contributed by atoms with Crippen LogP contribution in [0.2, 0.25) is 0 Å². The van der Waals surface area contributed by atoms with Gasteiger partial charge in [0.25, 0.3) is 0 Å². The van der Waals surface area contributed by atoms with Gasteiger partial charge < -0.3 is 9.64 Å². The highest BCUT2D eigenvalue weighted by Gasteiger charge is 2.17. The quantitative estimate of drug-likeness (QED) is 0.685. The van der Waals surface area contributed by atoms with E-state index in [4.69, 9.17) is 4.74 Å². The molecule has 2 heterocycles. The lowest BCUT2D eigenvalue weighted by molar-refractivity contribution is 0.0515. The number of anilines is 1. The molecule has 1 aliphatic rings. The van der Waals surface area contributed by atoms with Crippen LogP contribution in [0.1, 0.15) is 22.3 Å². The van der Waals surface area contributed by atoms with Crippen LogP contribution in [0, 0.1) is 0 Å². The zero-order valence-corrected chi connectivity index (χ0v) is 14.2. The van der Waals surface area contributed by atoms with Gasteiger partial charge in [0.2, 0.25) is 0 Å². The maximum absolute atomic E-state index is 12.3. The summed E-state index contributed by atoms with van der Waals surface area (Å²) in [5.41, 5.74) is 4.72. The Balaban J connectivity index is 1.39. The van der Waals surface area contributed by atoms with Gasteiger partial charge in [0.1, 0.15) is 12.1 Å². The second-order valence-electron chi connectivity index (χ2n) is 6.27. The monoisotopic (exact) mass is 336 g/mol. The van der Waals surface area contributed by atoms with Crippen molar-refractivity contribution in [3.8, 4) is 0 Å². The third-order valence-corrected chi connectivity index (χ3v) is 4.65. The summed E-state index contributed by atoms with van der Waals surface area (Å²) in [5.74, 6) is -0.321. The number of hydrogen-bond donors (Lipinski definition) is 0. The van der Waals surface area contributed by atoms with Crippen LogP contribution in [0.5, 0.6) is 0 Å². The van der Waals surface area contributed by atoms with E-state index >= 15 is 0 Å². The molecule has 0 unspecified atom stereocenters. The van der Waals surface area contributed by atoms with Crippen molar-refractivity contribution in [1.29, 1.82) is 0 Å². The van der Waals surface area contributed by atoms with Crippen LogP contribution in [0.3, 0.4) is 0 Å². The van der Waals surface area contributed by atoms with Crippen LogP contribution < -0.4 is 4.90 Å². The Kier molecular flexibility index (Phi) is 4.09. The standard InChI is InChI=1S/C19H20N4O2/c1-22-18-9-8-15(13-16(18)20-21-22)19(24)25-12-11-23-10-4-6-14-5-2-3-7-17(14)23/h2-3,5,7-9,13H,4,6,10-12H2,1H3. The van der Waals surface area contributed by atoms with Crippen LogP contribution in [-0.2, 0) is 18.2 Å². The van der Waals surface area contributed by atoms with Crippen molar-refractivity contribution in [2.75, 3.05) is 24.6 Å². The van der Waals surface area contributed by atoms with Gasteiger partial charge in [0.05, 0.1) is 17.6 Å². The number of nitrogens with zero attached hydrogens (tertiary/aromatic N) is 4. The van der Waals surface area contributed by atoms with Crippen LogP contribution >= 0.6 is 0 Å². The lowest BCUT2D eigenvalue weighted by Gasteiger charge is -2.31. The Morgan fingerprint density at radius 1 is 1.24 bits per heavy atom. The zero-order chi connectivity index (χ0) is 17.2. The average molecular weight is 336 g/mol. The predicted molar refractivity (Wildman–Crippen MR) is 95.8 cm³/mol. The lowest BCUT2D eigenvalue weighted by Crippen LogP contribution is -2.32. The van der Waals surface area contributed by atoms with E-state index in [1.165, 1.54) is 11.3 Å². The Morgan fingerprint density at radius 3 is 3.04 bits per heavy atom. The normalized spacial score (nSPS) is 13.7. The summed E-state index contributed by atoms with van der Waals surface area (Å²) in [6, 6.07) is 13.8. The molecular weight excluding hydrogens is 316 g/mol. The molecule has 0 saturated heterocycles. The fourth-order valence-corrected chi connectivity index (χ4v) is 3.34. The lowest BCUT2D eigenvalue weighted by atomic mass is 10.0. The summed E-state index contributed by atoms with van der Waals surface area (Å²) in [5, 5.41) is 7.99. The SMILES string of the molecule is Cn1nnc2cc(C(=O)OCCN3CCCc4ccccc43)ccc21. The number of hydrogen-bond acceptors (Lipinski definition) is 5. The highest BCUT2D eigenvalue weighted by Crippen LogP contribution is 2.26. The van der Waals surface area contributed by atoms with Crippen LogP contribution in [0.4, 0.5) is 5.69 Å². The van der Waals surface area contributed by atoms with Crippen molar-refractivity contribution < 1.29 is 9.53 Å². The summed E-state index contributed by atoms with van der Waals surface area (Å²) in [6.07, 6.45) is 2.25. The molecule has 6 nitrogen and oxygen atoms in total. The minimum atomic E-state index is -0.321. The number of aryl methyl sites for hydroxylation is 2. The molecule has 0 fully saturated rings. The van der Waals surface area contributed by atoms with Crippen LogP contribution in [-0.4, -0.2) is 40.7 Å². The molecule has 1 aliphatic heterocycles. The van der Waals surface area contributed by atoms with E-state index in [0.717, 1.165) is 24.9 Å². The number of ether oxygens (including phenoxy) is 1. The van der Waals surface area contributed by atoms with Crippen LogP contribution in [0.15, 0.2) is 42.5 Å². The van der Waals surface area contributed by atoms with Gasteiger partial charge in [0, 0.05) is 19.3 Å². The second-order valence-corrected chi connectivity index (χ2v) is 6.27. The zero-order valence-electron chi connectivity index (χ0n) is 14.2. The highest BCUT2D eigenvalue weighted by atomic mass is 16.5. The molecule has 128 valence electrons. The number of aromatic nitrogens is 3. The minimum absolute atomic E-state index is 0.321. The third-order valence-electron chi connectivity index (χ3n) is 4.65. The number of fused-ring (bicyclic) bond motifs is 2. The first-order chi connectivity index (χ1) is 12.2. The van der Waals surface area contributed by atoms with E-state index in [1.54, 1.807) is 16.8 Å². The molecule has 0 spiro atoms. The van der Waals surface area contributed by atoms with E-state index in [0.29, 0.717) is 24.2 Å². The predicted octanol–water partition coefficient (Wildman–Crippen LogP) is 2.58. The number of para-hydroxylation sites is 1. The first kappa shape index (κ1) is 15.6. The first-order valence-corrected chi connectivity index (χ1v) is 8.52. The third kappa shape index (κ3) is 3.07. The fraction of sp³-hybridized carbons (Fsp3) is 0.316. The summed E-state index contributed by atoms with van der Waals surface area (Å²) in [4.78, 5) is 14.6. The average Bonchev–Trinajstić information content (AvgIpc) is 3.02. The Morgan fingerprint density at radius 2 is 2.12 bits per heavy atom. The first-order valence-electron chi connectivity index (χ1n) is 8.52. The number of rotatable bonds is 4. The van der Waals surface area contributed by atoms with Crippen molar-refractivity contribution >= 4 is 22.7 Å². The Labute approximate surface area is 146 Å². The number of benzene rings is 2. The smallest absolute Gasteiger partial charge is 0.338 e. The molecule has 0 atom stereocenters. The maximum atomic E-state index is 12.3. The van der Waals surface area contributed by atoms with E-state index in [1.807, 2.05) is 13.1 Å².